The number of nitrogens with zero attached hydrogens (tertiary/aromatic N) is 4. The van der Waals surface area contributed by atoms with Crippen LogP contribution < -0.4 is 5.73 Å². The molecule has 8 heteroatoms. The predicted octanol–water partition coefficient (Wildman–Crippen LogP) is 1.89. The zero-order chi connectivity index (χ0) is 13.3. The zero-order valence-corrected chi connectivity index (χ0v) is 11.1. The molecular weight excluding hydrogens is 302 g/mol. The van der Waals surface area contributed by atoms with E-state index < -0.39 is 4.92 Å². The molecule has 18 heavy (non-hydrogen) atoms. The number of benzene rings is 1. The minimum absolute atomic E-state index is 0.0261. The summed E-state index contributed by atoms with van der Waals surface area (Å²) in [6.07, 6.45) is 0. The molecule has 0 fully saturated rings. The molecule has 0 saturated carbocycles. The minimum Gasteiger partial charge on any atom is -0.381 e. The molecule has 2 N–H and O–H groups in total. The molecule has 0 bridgehead atoms. The van der Waals surface area contributed by atoms with Gasteiger partial charge in [-0.1, -0.05) is 17.3 Å². The number of nitrogen functional groups attached to an aromatic ring is 1. The molecule has 0 aliphatic carbocycles. The lowest BCUT2D eigenvalue weighted by Gasteiger charge is -2.06. The second-order valence-electron chi connectivity index (χ2n) is 3.73. The maximum atomic E-state index is 10.8. The van der Waals surface area contributed by atoms with Crippen LogP contribution in [0.4, 0.5) is 11.5 Å². The van der Waals surface area contributed by atoms with Crippen molar-refractivity contribution in [2.24, 2.45) is 0 Å². The van der Waals surface area contributed by atoms with E-state index in [0.717, 1.165) is 11.3 Å². The van der Waals surface area contributed by atoms with E-state index in [0.29, 0.717) is 16.8 Å². The summed E-state index contributed by atoms with van der Waals surface area (Å²) in [7, 11) is 0. The van der Waals surface area contributed by atoms with E-state index in [1.165, 1.54) is 6.07 Å². The summed E-state index contributed by atoms with van der Waals surface area (Å²) in [5, 5.41) is 18.4. The van der Waals surface area contributed by atoms with Gasteiger partial charge in [0, 0.05) is 6.07 Å². The van der Waals surface area contributed by atoms with E-state index in [9.17, 15) is 10.1 Å². The number of nitro groups is 1. The smallest absolute Gasteiger partial charge is 0.283 e. The van der Waals surface area contributed by atoms with E-state index in [1.54, 1.807) is 23.7 Å². The summed E-state index contributed by atoms with van der Waals surface area (Å²) in [5.74, 6) is 0.358. The van der Waals surface area contributed by atoms with Crippen molar-refractivity contribution in [3.05, 3.63) is 44.0 Å². The Bertz CT molecular complexity index is 610. The van der Waals surface area contributed by atoms with Crippen LogP contribution in [0, 0.1) is 17.0 Å². The number of hydrogen-bond acceptors (Lipinski definition) is 5. The first-order valence-electron chi connectivity index (χ1n) is 5.08. The first kappa shape index (κ1) is 12.5. The highest BCUT2D eigenvalue weighted by Crippen LogP contribution is 2.28. The SMILES string of the molecule is Cc1c(N)nnn1Cc1cccc([N+](=O)[O-])c1Br. The number of nitro benzene ring substituents is 1. The Morgan fingerprint density at radius 2 is 2.28 bits per heavy atom. The number of anilines is 1. The van der Waals surface area contributed by atoms with Crippen molar-refractivity contribution < 1.29 is 4.92 Å². The van der Waals surface area contributed by atoms with Crippen LogP contribution in [0.1, 0.15) is 11.3 Å². The molecule has 0 amide bonds. The Balaban J connectivity index is 2.38. The van der Waals surface area contributed by atoms with Gasteiger partial charge in [-0.15, -0.1) is 5.10 Å². The quantitative estimate of drug-likeness (QED) is 0.689. The number of rotatable bonds is 3. The lowest BCUT2D eigenvalue weighted by molar-refractivity contribution is -0.385. The maximum absolute atomic E-state index is 10.8. The van der Waals surface area contributed by atoms with Crippen molar-refractivity contribution in [2.45, 2.75) is 13.5 Å². The molecule has 0 aliphatic heterocycles. The topological polar surface area (TPSA) is 99.9 Å². The molecule has 0 radical (unpaired) electrons. The fourth-order valence-corrected chi connectivity index (χ4v) is 2.05. The normalized spacial score (nSPS) is 10.6. The Hall–Kier alpha value is -1.96. The number of aromatic nitrogens is 3. The maximum Gasteiger partial charge on any atom is 0.283 e. The van der Waals surface area contributed by atoms with Gasteiger partial charge in [0.15, 0.2) is 5.82 Å². The third kappa shape index (κ3) is 2.19. The van der Waals surface area contributed by atoms with Crippen LogP contribution in [0.2, 0.25) is 0 Å². The summed E-state index contributed by atoms with van der Waals surface area (Å²) in [6, 6.07) is 4.86. The van der Waals surface area contributed by atoms with Crippen molar-refractivity contribution in [2.75, 3.05) is 5.73 Å². The lowest BCUT2D eigenvalue weighted by atomic mass is 10.2. The number of halogens is 1. The van der Waals surface area contributed by atoms with Crippen LogP contribution in [0.3, 0.4) is 0 Å². The van der Waals surface area contributed by atoms with Gasteiger partial charge in [0.2, 0.25) is 0 Å². The summed E-state index contributed by atoms with van der Waals surface area (Å²) in [6.45, 7) is 2.17. The zero-order valence-electron chi connectivity index (χ0n) is 9.50. The van der Waals surface area contributed by atoms with E-state index in [4.69, 9.17) is 5.73 Å². The summed E-state index contributed by atoms with van der Waals surface area (Å²) in [4.78, 5) is 10.4. The molecule has 0 atom stereocenters. The summed E-state index contributed by atoms with van der Waals surface area (Å²) < 4.78 is 2.04. The molecule has 7 nitrogen and oxygen atoms in total. The molecule has 0 spiro atoms. The molecule has 1 aromatic heterocycles. The molecule has 1 heterocycles. The molecule has 0 aliphatic rings. The van der Waals surface area contributed by atoms with Crippen molar-refractivity contribution in [3.8, 4) is 0 Å². The Morgan fingerprint density at radius 3 is 2.83 bits per heavy atom. The molecule has 0 saturated heterocycles. The average molecular weight is 312 g/mol. The van der Waals surface area contributed by atoms with E-state index in [2.05, 4.69) is 26.2 Å². The third-order valence-electron chi connectivity index (χ3n) is 2.59. The second kappa shape index (κ2) is 4.73. The van der Waals surface area contributed by atoms with Gasteiger partial charge in [-0.05, 0) is 28.4 Å². The molecule has 94 valence electrons. The minimum atomic E-state index is -0.434. The number of hydrogen-bond donors (Lipinski definition) is 1. The lowest BCUT2D eigenvalue weighted by Crippen LogP contribution is -2.06. The van der Waals surface area contributed by atoms with Gasteiger partial charge in [-0.2, -0.15) is 0 Å². The molecule has 1 aromatic carbocycles. The van der Waals surface area contributed by atoms with Crippen LogP contribution in [0.25, 0.3) is 0 Å². The third-order valence-corrected chi connectivity index (χ3v) is 3.51. The van der Waals surface area contributed by atoms with Gasteiger partial charge >= 0.3 is 0 Å². The highest BCUT2D eigenvalue weighted by molar-refractivity contribution is 9.10. The highest BCUT2D eigenvalue weighted by atomic mass is 79.9. The van der Waals surface area contributed by atoms with Gasteiger partial charge in [-0.25, -0.2) is 4.68 Å². The summed E-state index contributed by atoms with van der Waals surface area (Å²) in [5.41, 5.74) is 7.10. The monoisotopic (exact) mass is 311 g/mol. The Morgan fingerprint density at radius 1 is 1.56 bits per heavy atom. The first-order valence-corrected chi connectivity index (χ1v) is 5.87. The van der Waals surface area contributed by atoms with Crippen LogP contribution in [0.5, 0.6) is 0 Å². The van der Waals surface area contributed by atoms with Gasteiger partial charge in [0.1, 0.15) is 4.47 Å². The molecule has 0 unspecified atom stereocenters. The van der Waals surface area contributed by atoms with Crippen molar-refractivity contribution in [1.82, 2.24) is 15.0 Å². The molecule has 2 aromatic rings. The van der Waals surface area contributed by atoms with Crippen molar-refractivity contribution in [1.29, 1.82) is 0 Å². The second-order valence-corrected chi connectivity index (χ2v) is 4.52. The van der Waals surface area contributed by atoms with Crippen LogP contribution in [-0.2, 0) is 6.54 Å². The Kier molecular flexibility index (Phi) is 3.28. The van der Waals surface area contributed by atoms with Crippen LogP contribution in [-0.4, -0.2) is 19.9 Å². The van der Waals surface area contributed by atoms with Crippen LogP contribution >= 0.6 is 15.9 Å². The highest BCUT2D eigenvalue weighted by Gasteiger charge is 2.16. The first-order chi connectivity index (χ1) is 8.50. The Labute approximate surface area is 111 Å². The van der Waals surface area contributed by atoms with Crippen LogP contribution in [0.15, 0.2) is 22.7 Å². The fourth-order valence-electron chi connectivity index (χ4n) is 1.51. The van der Waals surface area contributed by atoms with Gasteiger partial charge in [-0.3, -0.25) is 10.1 Å². The molecule has 2 rings (SSSR count). The van der Waals surface area contributed by atoms with Crippen molar-refractivity contribution >= 4 is 27.4 Å². The standard InChI is InChI=1S/C10H10BrN5O2/c1-6-10(12)13-14-15(6)5-7-3-2-4-8(9(7)11)16(17)18/h2-4H,5,12H2,1H3. The van der Waals surface area contributed by atoms with E-state index >= 15 is 0 Å². The van der Waals surface area contributed by atoms with Gasteiger partial charge in [0.05, 0.1) is 17.2 Å². The predicted molar refractivity (Wildman–Crippen MR) is 69.1 cm³/mol. The van der Waals surface area contributed by atoms with Gasteiger partial charge < -0.3 is 5.73 Å². The van der Waals surface area contributed by atoms with E-state index in [-0.39, 0.29) is 5.69 Å². The largest absolute Gasteiger partial charge is 0.381 e. The average Bonchev–Trinajstić information content (AvgIpc) is 2.63. The van der Waals surface area contributed by atoms with Crippen molar-refractivity contribution in [3.63, 3.8) is 0 Å². The molecular formula is C10H10BrN5O2. The summed E-state index contributed by atoms with van der Waals surface area (Å²) >= 11 is 3.24. The van der Waals surface area contributed by atoms with E-state index in [1.807, 2.05) is 0 Å². The van der Waals surface area contributed by atoms with Gasteiger partial charge in [0.25, 0.3) is 5.69 Å². The fraction of sp³-hybridized carbons (Fsp3) is 0.200. The number of nitrogens with two attached hydrogens (primary N) is 1.